The van der Waals surface area contributed by atoms with Crippen LogP contribution in [-0.2, 0) is 10.0 Å². The Morgan fingerprint density at radius 3 is 2.48 bits per heavy atom. The Labute approximate surface area is 192 Å². The fraction of sp³-hybridized carbons (Fsp3) is 0.217. The van der Waals surface area contributed by atoms with Gasteiger partial charge >= 0.3 is 0 Å². The zero-order valence-electron chi connectivity index (χ0n) is 18.2. The molecule has 1 amide bonds. The van der Waals surface area contributed by atoms with E-state index in [9.17, 15) is 13.2 Å². The molecule has 33 heavy (non-hydrogen) atoms. The zero-order chi connectivity index (χ0) is 23.4. The first kappa shape index (κ1) is 22.4. The smallest absolute Gasteiger partial charge is 0.262 e. The van der Waals surface area contributed by atoms with Gasteiger partial charge in [-0.15, -0.1) is 0 Å². The summed E-state index contributed by atoms with van der Waals surface area (Å²) in [6.07, 6.45) is 2.28. The predicted molar refractivity (Wildman–Crippen MR) is 126 cm³/mol. The summed E-state index contributed by atoms with van der Waals surface area (Å²) in [5, 5.41) is 2.76. The van der Waals surface area contributed by atoms with Crippen LogP contribution in [0.1, 0.15) is 16.8 Å². The van der Waals surface area contributed by atoms with Crippen molar-refractivity contribution in [3.05, 3.63) is 66.4 Å². The van der Waals surface area contributed by atoms with Gasteiger partial charge in [-0.25, -0.2) is 13.4 Å². The van der Waals surface area contributed by atoms with Crippen LogP contribution in [0.25, 0.3) is 0 Å². The van der Waals surface area contributed by atoms with Crippen molar-refractivity contribution in [1.29, 1.82) is 0 Å². The van der Waals surface area contributed by atoms with Crippen LogP contribution in [0.5, 0.6) is 11.5 Å². The predicted octanol–water partition coefficient (Wildman–Crippen LogP) is 3.36. The Balaban J connectivity index is 1.49. The fourth-order valence-electron chi connectivity index (χ4n) is 3.18. The molecule has 172 valence electrons. The quantitative estimate of drug-likeness (QED) is 0.571. The molecule has 2 aromatic carbocycles. The van der Waals surface area contributed by atoms with Crippen molar-refractivity contribution in [3.63, 3.8) is 0 Å². The van der Waals surface area contributed by atoms with E-state index in [0.29, 0.717) is 36.0 Å². The van der Waals surface area contributed by atoms with Gasteiger partial charge in [-0.1, -0.05) is 6.07 Å². The lowest BCUT2D eigenvalue weighted by Crippen LogP contribution is -2.16. The van der Waals surface area contributed by atoms with Gasteiger partial charge in [-0.2, -0.15) is 0 Å². The molecule has 1 aromatic heterocycles. The molecule has 3 aromatic rings. The van der Waals surface area contributed by atoms with Crippen molar-refractivity contribution in [1.82, 2.24) is 4.98 Å². The molecule has 0 saturated heterocycles. The van der Waals surface area contributed by atoms with Crippen LogP contribution in [0.2, 0.25) is 0 Å². The van der Waals surface area contributed by atoms with Gasteiger partial charge in [0.1, 0.15) is 5.82 Å². The van der Waals surface area contributed by atoms with Gasteiger partial charge in [0.05, 0.1) is 30.0 Å². The summed E-state index contributed by atoms with van der Waals surface area (Å²) in [4.78, 5) is 18.8. The zero-order valence-corrected chi connectivity index (χ0v) is 19.1. The molecule has 10 heteroatoms. The maximum absolute atomic E-state index is 12.9. The molecule has 4 rings (SSSR count). The Bertz CT molecular complexity index is 1260. The minimum atomic E-state index is -3.90. The maximum atomic E-state index is 12.9. The van der Waals surface area contributed by atoms with Gasteiger partial charge < -0.3 is 19.7 Å². The number of hydrogen-bond acceptors (Lipinski definition) is 7. The average Bonchev–Trinajstić information content (AvgIpc) is 3.04. The first-order valence-corrected chi connectivity index (χ1v) is 11.8. The van der Waals surface area contributed by atoms with E-state index < -0.39 is 10.0 Å². The molecular formula is C23H24N4O5S. The number of pyridine rings is 1. The van der Waals surface area contributed by atoms with E-state index in [2.05, 4.69) is 15.0 Å². The van der Waals surface area contributed by atoms with E-state index in [4.69, 9.17) is 9.47 Å². The van der Waals surface area contributed by atoms with Crippen molar-refractivity contribution in [2.45, 2.75) is 11.3 Å². The van der Waals surface area contributed by atoms with Gasteiger partial charge in [0, 0.05) is 37.8 Å². The highest BCUT2D eigenvalue weighted by Gasteiger charge is 2.19. The molecule has 9 nitrogen and oxygen atoms in total. The van der Waals surface area contributed by atoms with Gasteiger partial charge in [0.15, 0.2) is 11.5 Å². The van der Waals surface area contributed by atoms with Crippen molar-refractivity contribution < 1.29 is 22.7 Å². The third-order valence-corrected chi connectivity index (χ3v) is 6.25. The molecule has 0 saturated carbocycles. The summed E-state index contributed by atoms with van der Waals surface area (Å²) in [7, 11) is -0.156. The topological polar surface area (TPSA) is 110 Å². The molecule has 2 heterocycles. The summed E-state index contributed by atoms with van der Waals surface area (Å²) in [6, 6.07) is 14.3. The number of sulfonamides is 1. The average molecular weight is 469 g/mol. The van der Waals surface area contributed by atoms with Crippen molar-refractivity contribution in [2.75, 3.05) is 42.2 Å². The molecule has 0 unspecified atom stereocenters. The highest BCUT2D eigenvalue weighted by atomic mass is 32.2. The number of amides is 1. The Morgan fingerprint density at radius 2 is 1.76 bits per heavy atom. The lowest BCUT2D eigenvalue weighted by molar-refractivity contribution is 0.102. The second kappa shape index (κ2) is 9.37. The summed E-state index contributed by atoms with van der Waals surface area (Å²) in [6.45, 7) is 0.969. The lowest BCUT2D eigenvalue weighted by atomic mass is 10.2. The largest absolute Gasteiger partial charge is 0.490 e. The van der Waals surface area contributed by atoms with Gasteiger partial charge in [-0.05, 0) is 42.5 Å². The van der Waals surface area contributed by atoms with E-state index in [-0.39, 0.29) is 16.5 Å². The molecular weight excluding hydrogens is 444 g/mol. The van der Waals surface area contributed by atoms with E-state index in [0.717, 1.165) is 12.2 Å². The maximum Gasteiger partial charge on any atom is 0.262 e. The molecule has 0 bridgehead atoms. The number of benzene rings is 2. The molecule has 2 N–H and O–H groups in total. The number of carbonyl (C=O) groups excluding carboxylic acids is 1. The number of anilines is 3. The Kier molecular flexibility index (Phi) is 6.36. The number of hydrogen-bond donors (Lipinski definition) is 2. The van der Waals surface area contributed by atoms with Gasteiger partial charge in [0.25, 0.3) is 15.9 Å². The first-order chi connectivity index (χ1) is 15.8. The SMILES string of the molecule is CN(C)c1ccc(NC(=O)c2cccc(NS(=O)(=O)c3ccc4c(c3)OCCCO4)c2)cn1. The van der Waals surface area contributed by atoms with Crippen LogP contribution >= 0.6 is 0 Å². The normalized spacial score (nSPS) is 13.0. The lowest BCUT2D eigenvalue weighted by Gasteiger charge is -2.13. The Hall–Kier alpha value is -3.79. The molecule has 1 aliphatic heterocycles. The number of nitrogens with zero attached hydrogens (tertiary/aromatic N) is 2. The number of aromatic nitrogens is 1. The van der Waals surface area contributed by atoms with Crippen LogP contribution in [0.15, 0.2) is 65.7 Å². The molecule has 0 spiro atoms. The Morgan fingerprint density at radius 1 is 0.970 bits per heavy atom. The molecule has 0 atom stereocenters. The number of fused-ring (bicyclic) bond motifs is 1. The number of ether oxygens (including phenoxy) is 2. The van der Waals surface area contributed by atoms with E-state index in [1.165, 1.54) is 18.2 Å². The molecule has 0 radical (unpaired) electrons. The first-order valence-electron chi connectivity index (χ1n) is 10.3. The van der Waals surface area contributed by atoms with Crippen LogP contribution in [-0.4, -0.2) is 46.6 Å². The summed E-state index contributed by atoms with van der Waals surface area (Å²) >= 11 is 0. The van der Waals surface area contributed by atoms with E-state index in [1.807, 2.05) is 19.0 Å². The fourth-order valence-corrected chi connectivity index (χ4v) is 4.24. The molecule has 0 fully saturated rings. The monoisotopic (exact) mass is 468 g/mol. The summed E-state index contributed by atoms with van der Waals surface area (Å²) in [5.74, 6) is 1.28. The number of nitrogens with one attached hydrogen (secondary N) is 2. The minimum Gasteiger partial charge on any atom is -0.490 e. The molecule has 0 aliphatic carbocycles. The highest BCUT2D eigenvalue weighted by molar-refractivity contribution is 7.92. The van der Waals surface area contributed by atoms with E-state index >= 15 is 0 Å². The van der Waals surface area contributed by atoms with Crippen molar-refractivity contribution in [2.24, 2.45) is 0 Å². The van der Waals surface area contributed by atoms with Crippen molar-refractivity contribution in [3.8, 4) is 11.5 Å². The third-order valence-electron chi connectivity index (χ3n) is 4.87. The second-order valence-corrected chi connectivity index (χ2v) is 9.28. The highest BCUT2D eigenvalue weighted by Crippen LogP contribution is 2.32. The molecule has 1 aliphatic rings. The second-order valence-electron chi connectivity index (χ2n) is 7.60. The van der Waals surface area contributed by atoms with Crippen LogP contribution < -0.4 is 24.4 Å². The van der Waals surface area contributed by atoms with Crippen molar-refractivity contribution >= 4 is 33.1 Å². The van der Waals surface area contributed by atoms with Gasteiger partial charge in [-0.3, -0.25) is 9.52 Å². The minimum absolute atomic E-state index is 0.0358. The summed E-state index contributed by atoms with van der Waals surface area (Å²) < 4.78 is 39.5. The van der Waals surface area contributed by atoms with Gasteiger partial charge in [0.2, 0.25) is 0 Å². The van der Waals surface area contributed by atoms with Crippen LogP contribution in [0.3, 0.4) is 0 Å². The van der Waals surface area contributed by atoms with Crippen LogP contribution in [0, 0.1) is 0 Å². The number of carbonyl (C=O) groups is 1. The number of rotatable bonds is 6. The van der Waals surface area contributed by atoms with E-state index in [1.54, 1.807) is 42.6 Å². The van der Waals surface area contributed by atoms with Crippen LogP contribution in [0.4, 0.5) is 17.2 Å². The standard InChI is InChI=1S/C23H24N4O5S/c1-27(2)22-10-7-18(15-24-22)25-23(28)16-5-3-6-17(13-16)26-33(29,30)19-8-9-20-21(14-19)32-12-4-11-31-20/h3,5-10,13-15,26H,4,11-12H2,1-2H3,(H,25,28). The summed E-state index contributed by atoms with van der Waals surface area (Å²) in [5.41, 5.74) is 1.09. The third kappa shape index (κ3) is 5.35.